The molecule has 0 atom stereocenters. The molecule has 3 aromatic carbocycles. The van der Waals surface area contributed by atoms with Gasteiger partial charge in [-0.2, -0.15) is 0 Å². The van der Waals surface area contributed by atoms with Gasteiger partial charge >= 0.3 is 6.09 Å². The maximum Gasteiger partial charge on any atom is 0.411 e. The minimum Gasteiger partial charge on any atom is -0.453 e. The average molecular weight is 512 g/mol. The number of carbonyl (C=O) groups is 2. The third kappa shape index (κ3) is 6.69. The normalized spacial score (nSPS) is 13.6. The molecule has 0 aliphatic carbocycles. The van der Waals surface area contributed by atoms with Crippen molar-refractivity contribution in [2.24, 2.45) is 0 Å². The van der Waals surface area contributed by atoms with Crippen LogP contribution in [0.2, 0.25) is 0 Å². The first-order valence-corrected chi connectivity index (χ1v) is 13.4. The topological polar surface area (TPSA) is 61.9 Å². The second-order valence-corrected chi connectivity index (χ2v) is 9.49. The monoisotopic (exact) mass is 511 g/mol. The van der Waals surface area contributed by atoms with Gasteiger partial charge in [-0.05, 0) is 73.2 Å². The van der Waals surface area contributed by atoms with Crippen molar-refractivity contribution in [2.75, 3.05) is 38.6 Å². The maximum absolute atomic E-state index is 12.9. The number of benzene rings is 3. The number of likely N-dealkylation sites (tertiary alicyclic amines) is 1. The minimum atomic E-state index is -0.496. The number of hydrogen-bond donors (Lipinski definition) is 1. The second-order valence-electron chi connectivity index (χ2n) is 9.49. The first-order valence-electron chi connectivity index (χ1n) is 13.4. The van der Waals surface area contributed by atoms with Crippen LogP contribution in [0, 0.1) is 0 Å². The van der Waals surface area contributed by atoms with Crippen LogP contribution in [0.3, 0.4) is 0 Å². The van der Waals surface area contributed by atoms with E-state index in [-0.39, 0.29) is 5.91 Å². The van der Waals surface area contributed by atoms with Gasteiger partial charge in [0, 0.05) is 44.0 Å². The van der Waals surface area contributed by atoms with Gasteiger partial charge in [-0.1, -0.05) is 60.2 Å². The molecule has 1 N–H and O–H groups in total. The highest BCUT2D eigenvalue weighted by Crippen LogP contribution is 2.34. The van der Waals surface area contributed by atoms with Gasteiger partial charge in [-0.25, -0.2) is 4.79 Å². The Labute approximate surface area is 225 Å². The predicted octanol–water partition coefficient (Wildman–Crippen LogP) is 6.44. The summed E-state index contributed by atoms with van der Waals surface area (Å²) in [6, 6.07) is 26.4. The van der Waals surface area contributed by atoms with Gasteiger partial charge in [0.1, 0.15) is 0 Å². The summed E-state index contributed by atoms with van der Waals surface area (Å²) in [4.78, 5) is 29.0. The fourth-order valence-electron chi connectivity index (χ4n) is 5.04. The van der Waals surface area contributed by atoms with Gasteiger partial charge in [0.25, 0.3) is 5.91 Å². The molecule has 1 saturated heterocycles. The summed E-state index contributed by atoms with van der Waals surface area (Å²) in [6.45, 7) is 8.27. The molecule has 0 spiro atoms. The molecular formula is C32H37N3O3. The van der Waals surface area contributed by atoms with Crippen LogP contribution < -0.4 is 5.32 Å². The van der Waals surface area contributed by atoms with Crippen LogP contribution in [-0.4, -0.2) is 55.1 Å². The fourth-order valence-corrected chi connectivity index (χ4v) is 5.04. The van der Waals surface area contributed by atoms with Crippen LogP contribution in [0.25, 0.3) is 5.57 Å². The lowest BCUT2D eigenvalue weighted by molar-refractivity contribution is 0.0773. The SMILES string of the molecule is CCN(CC)C(=O)c1ccc(C(=C2CCN(Cc3ccccc3)CC2)c2cccc(NC(=O)OC)c2)cc1. The van der Waals surface area contributed by atoms with E-state index < -0.39 is 6.09 Å². The molecule has 38 heavy (non-hydrogen) atoms. The van der Waals surface area contributed by atoms with E-state index in [2.05, 4.69) is 58.7 Å². The Hall–Kier alpha value is -3.90. The Morgan fingerprint density at radius 1 is 0.842 bits per heavy atom. The zero-order chi connectivity index (χ0) is 26.9. The Morgan fingerprint density at radius 2 is 1.50 bits per heavy atom. The molecule has 1 fully saturated rings. The maximum atomic E-state index is 12.9. The van der Waals surface area contributed by atoms with E-state index in [1.807, 2.05) is 49.1 Å². The number of amides is 2. The number of ether oxygens (including phenoxy) is 1. The van der Waals surface area contributed by atoms with Crippen LogP contribution in [0.5, 0.6) is 0 Å². The lowest BCUT2D eigenvalue weighted by Crippen LogP contribution is -2.30. The van der Waals surface area contributed by atoms with Crippen molar-refractivity contribution in [3.8, 4) is 0 Å². The molecule has 3 aromatic rings. The quantitative estimate of drug-likeness (QED) is 0.378. The molecule has 0 radical (unpaired) electrons. The first-order chi connectivity index (χ1) is 18.5. The number of hydrogen-bond acceptors (Lipinski definition) is 4. The Kier molecular flexibility index (Phi) is 9.33. The third-order valence-corrected chi connectivity index (χ3v) is 7.12. The van der Waals surface area contributed by atoms with E-state index in [0.29, 0.717) is 24.3 Å². The van der Waals surface area contributed by atoms with Crippen LogP contribution in [0.15, 0.2) is 84.4 Å². The summed E-state index contributed by atoms with van der Waals surface area (Å²) in [5.74, 6) is 0.0502. The lowest BCUT2D eigenvalue weighted by Gasteiger charge is -2.30. The minimum absolute atomic E-state index is 0.0502. The van der Waals surface area contributed by atoms with Gasteiger partial charge < -0.3 is 9.64 Å². The van der Waals surface area contributed by atoms with Crippen molar-refractivity contribution in [3.05, 3.63) is 107 Å². The number of anilines is 1. The number of rotatable bonds is 8. The summed E-state index contributed by atoms with van der Waals surface area (Å²) >= 11 is 0. The van der Waals surface area contributed by atoms with Crippen LogP contribution in [0.1, 0.15) is 53.7 Å². The predicted molar refractivity (Wildman–Crippen MR) is 153 cm³/mol. The van der Waals surface area contributed by atoms with E-state index in [0.717, 1.165) is 43.6 Å². The highest BCUT2D eigenvalue weighted by Gasteiger charge is 2.20. The van der Waals surface area contributed by atoms with Crippen molar-refractivity contribution in [2.45, 2.75) is 33.2 Å². The van der Waals surface area contributed by atoms with Crippen LogP contribution >= 0.6 is 0 Å². The van der Waals surface area contributed by atoms with Crippen molar-refractivity contribution in [3.63, 3.8) is 0 Å². The molecular weight excluding hydrogens is 474 g/mol. The van der Waals surface area contributed by atoms with E-state index in [1.54, 1.807) is 0 Å². The average Bonchev–Trinajstić information content (AvgIpc) is 2.96. The summed E-state index contributed by atoms with van der Waals surface area (Å²) in [5, 5.41) is 2.78. The summed E-state index contributed by atoms with van der Waals surface area (Å²) < 4.78 is 4.79. The Bertz CT molecular complexity index is 1250. The van der Waals surface area contributed by atoms with E-state index in [1.165, 1.54) is 23.8 Å². The van der Waals surface area contributed by atoms with E-state index in [4.69, 9.17) is 4.74 Å². The first kappa shape index (κ1) is 27.1. The largest absolute Gasteiger partial charge is 0.453 e. The zero-order valence-corrected chi connectivity index (χ0v) is 22.6. The molecule has 4 rings (SSSR count). The number of methoxy groups -OCH3 is 1. The molecule has 0 bridgehead atoms. The highest BCUT2D eigenvalue weighted by atomic mass is 16.5. The Balaban J connectivity index is 1.64. The van der Waals surface area contributed by atoms with Gasteiger partial charge in [-0.3, -0.25) is 15.0 Å². The number of nitrogens with zero attached hydrogens (tertiary/aromatic N) is 2. The van der Waals surface area contributed by atoms with Crippen molar-refractivity contribution >= 4 is 23.3 Å². The molecule has 1 aliphatic rings. The summed E-state index contributed by atoms with van der Waals surface area (Å²) in [5.41, 5.74) is 7.36. The number of piperidine rings is 1. The third-order valence-electron chi connectivity index (χ3n) is 7.12. The van der Waals surface area contributed by atoms with Crippen molar-refractivity contribution in [1.29, 1.82) is 0 Å². The fraction of sp³-hybridized carbons (Fsp3) is 0.312. The van der Waals surface area contributed by atoms with E-state index in [9.17, 15) is 9.59 Å². The molecule has 1 heterocycles. The number of nitrogens with one attached hydrogen (secondary N) is 1. The molecule has 2 amide bonds. The number of carbonyl (C=O) groups excluding carboxylic acids is 2. The van der Waals surface area contributed by atoms with Crippen LogP contribution in [0.4, 0.5) is 10.5 Å². The molecule has 1 aliphatic heterocycles. The van der Waals surface area contributed by atoms with Gasteiger partial charge in [0.15, 0.2) is 0 Å². The van der Waals surface area contributed by atoms with E-state index >= 15 is 0 Å². The molecule has 6 heteroatoms. The second kappa shape index (κ2) is 13.1. The van der Waals surface area contributed by atoms with Crippen LogP contribution in [-0.2, 0) is 11.3 Å². The molecule has 0 saturated carbocycles. The Morgan fingerprint density at radius 3 is 2.13 bits per heavy atom. The van der Waals surface area contributed by atoms with Gasteiger partial charge in [-0.15, -0.1) is 0 Å². The standard InChI is InChI=1S/C32H37N3O3/c1-4-35(5-2)31(36)27-16-14-25(15-17-27)30(28-12-9-13-29(22-28)33-32(37)38-3)26-18-20-34(21-19-26)23-24-10-7-6-8-11-24/h6-17,22H,4-5,18-21,23H2,1-3H3,(H,33,37). The highest BCUT2D eigenvalue weighted by molar-refractivity contribution is 5.95. The van der Waals surface area contributed by atoms with Gasteiger partial charge in [0.2, 0.25) is 0 Å². The molecule has 6 nitrogen and oxygen atoms in total. The van der Waals surface area contributed by atoms with Crippen molar-refractivity contribution in [1.82, 2.24) is 9.80 Å². The lowest BCUT2D eigenvalue weighted by atomic mass is 9.87. The van der Waals surface area contributed by atoms with Crippen molar-refractivity contribution < 1.29 is 14.3 Å². The van der Waals surface area contributed by atoms with Gasteiger partial charge in [0.05, 0.1) is 7.11 Å². The molecule has 0 aromatic heterocycles. The smallest absolute Gasteiger partial charge is 0.411 e. The molecule has 198 valence electrons. The summed E-state index contributed by atoms with van der Waals surface area (Å²) in [7, 11) is 1.36. The molecule has 0 unspecified atom stereocenters. The summed E-state index contributed by atoms with van der Waals surface area (Å²) in [6.07, 6.45) is 1.42. The zero-order valence-electron chi connectivity index (χ0n) is 22.6.